The van der Waals surface area contributed by atoms with Gasteiger partial charge in [-0.2, -0.15) is 0 Å². The summed E-state index contributed by atoms with van der Waals surface area (Å²) < 4.78 is 7.50. The number of rotatable bonds is 12. The lowest BCUT2D eigenvalue weighted by Crippen LogP contribution is -2.25. The van der Waals surface area contributed by atoms with Crippen molar-refractivity contribution in [1.82, 2.24) is 13.7 Å². The number of hydrogen-bond acceptors (Lipinski definition) is 0. The van der Waals surface area contributed by atoms with Crippen LogP contribution in [0, 0.1) is 5.41 Å². The van der Waals surface area contributed by atoms with Crippen molar-refractivity contribution in [2.24, 2.45) is 5.41 Å². The molecule has 3 aromatic heterocycles. The molecule has 7 aromatic carbocycles. The molecule has 2 unspecified atom stereocenters. The van der Waals surface area contributed by atoms with Crippen LogP contribution in [-0.4, -0.2) is 13.7 Å². The number of fused-ring (bicyclic) bond motifs is 10. The van der Waals surface area contributed by atoms with Crippen molar-refractivity contribution in [3.05, 3.63) is 182 Å². The molecule has 0 aliphatic rings. The molecule has 3 heteroatoms. The first-order valence-electron chi connectivity index (χ1n) is 21.2. The van der Waals surface area contributed by atoms with Gasteiger partial charge in [-0.3, -0.25) is 0 Å². The SMILES string of the molecule is C=CCCCC(C)(CC)C(CC)c1ccc(Cn2c3cc(-n4c5ccccc5c5ccccc54)ccc3c3ccc4c(c5ccccc5n4-c4ccccc4)c32)cc1. The molecule has 0 saturated carbocycles. The zero-order valence-corrected chi connectivity index (χ0v) is 34.0. The molecular weight excluding hydrogens is 703 g/mol. The molecule has 2 atom stereocenters. The fourth-order valence-corrected chi connectivity index (χ4v) is 10.4. The lowest BCUT2D eigenvalue weighted by molar-refractivity contribution is 0.210. The first-order valence-corrected chi connectivity index (χ1v) is 21.2. The van der Waals surface area contributed by atoms with E-state index in [1.165, 1.54) is 107 Å². The molecule has 0 spiro atoms. The van der Waals surface area contributed by atoms with Crippen LogP contribution in [-0.2, 0) is 6.54 Å². The van der Waals surface area contributed by atoms with Gasteiger partial charge in [0.25, 0.3) is 0 Å². The standard InChI is InChI=1S/C55H51N3/c1-5-8-18-35-55(4,7-3)47(6-2)39-29-27-38(28-30-39)37-56-52-36-41(58-48-24-15-12-21-42(48)43-22-13-16-25-49(43)58)31-32-44(52)45-33-34-51-53(54(45)56)46-23-14-17-26-50(46)57(51)40-19-10-9-11-20-40/h5,9-17,19-34,36,47H,1,6-8,18,35,37H2,2-4H3. The van der Waals surface area contributed by atoms with Gasteiger partial charge in [0.05, 0.1) is 33.1 Å². The minimum Gasteiger partial charge on any atom is -0.335 e. The third kappa shape index (κ3) is 5.70. The van der Waals surface area contributed by atoms with Crippen LogP contribution in [0.1, 0.15) is 69.9 Å². The number of hydrogen-bond donors (Lipinski definition) is 0. The second-order valence-electron chi connectivity index (χ2n) is 16.6. The highest BCUT2D eigenvalue weighted by molar-refractivity contribution is 6.25. The number of para-hydroxylation sites is 4. The second-order valence-corrected chi connectivity index (χ2v) is 16.6. The van der Waals surface area contributed by atoms with E-state index < -0.39 is 0 Å². The highest BCUT2D eigenvalue weighted by Gasteiger charge is 2.32. The molecule has 3 heterocycles. The van der Waals surface area contributed by atoms with Gasteiger partial charge in [-0.1, -0.05) is 142 Å². The summed E-state index contributed by atoms with van der Waals surface area (Å²) in [6.07, 6.45) is 7.88. The molecule has 0 fully saturated rings. The number of aromatic nitrogens is 3. The molecule has 0 aliphatic heterocycles. The topological polar surface area (TPSA) is 14.8 Å². The molecule has 3 nitrogen and oxygen atoms in total. The summed E-state index contributed by atoms with van der Waals surface area (Å²) in [5.74, 6) is 0.516. The third-order valence-corrected chi connectivity index (χ3v) is 13.4. The van der Waals surface area contributed by atoms with Crippen molar-refractivity contribution in [2.45, 2.75) is 65.3 Å². The highest BCUT2D eigenvalue weighted by atomic mass is 15.0. The number of benzene rings is 7. The van der Waals surface area contributed by atoms with Gasteiger partial charge in [-0.25, -0.2) is 0 Å². The Morgan fingerprint density at radius 3 is 1.81 bits per heavy atom. The molecule has 0 radical (unpaired) electrons. The zero-order valence-electron chi connectivity index (χ0n) is 34.0. The quantitative estimate of drug-likeness (QED) is 0.0872. The maximum Gasteiger partial charge on any atom is 0.0596 e. The van der Waals surface area contributed by atoms with Gasteiger partial charge in [0.2, 0.25) is 0 Å². The highest BCUT2D eigenvalue weighted by Crippen LogP contribution is 2.46. The Kier molecular flexibility index (Phi) is 9.05. The van der Waals surface area contributed by atoms with Crippen LogP contribution in [0.3, 0.4) is 0 Å². The van der Waals surface area contributed by atoms with E-state index in [0.29, 0.717) is 5.92 Å². The normalized spacial score (nSPS) is 13.6. The summed E-state index contributed by atoms with van der Waals surface area (Å²) in [5.41, 5.74) is 12.8. The van der Waals surface area contributed by atoms with Crippen LogP contribution in [0.5, 0.6) is 0 Å². The van der Waals surface area contributed by atoms with Crippen molar-refractivity contribution < 1.29 is 0 Å². The van der Waals surface area contributed by atoms with E-state index in [1.807, 2.05) is 0 Å². The Bertz CT molecular complexity index is 3070. The summed E-state index contributed by atoms with van der Waals surface area (Å²) in [4.78, 5) is 0. The first kappa shape index (κ1) is 36.0. The molecular formula is C55H51N3. The van der Waals surface area contributed by atoms with Crippen LogP contribution in [0.2, 0.25) is 0 Å². The molecule has 0 saturated heterocycles. The van der Waals surface area contributed by atoms with Gasteiger partial charge in [0.1, 0.15) is 0 Å². The minimum absolute atomic E-state index is 0.258. The zero-order chi connectivity index (χ0) is 39.4. The third-order valence-electron chi connectivity index (χ3n) is 13.4. The lowest BCUT2D eigenvalue weighted by atomic mass is 9.67. The summed E-state index contributed by atoms with van der Waals surface area (Å²) in [6.45, 7) is 12.0. The minimum atomic E-state index is 0.258. The number of allylic oxidation sites excluding steroid dienone is 1. The van der Waals surface area contributed by atoms with E-state index in [0.717, 1.165) is 19.4 Å². The predicted molar refractivity (Wildman–Crippen MR) is 249 cm³/mol. The van der Waals surface area contributed by atoms with Gasteiger partial charge >= 0.3 is 0 Å². The van der Waals surface area contributed by atoms with Crippen molar-refractivity contribution in [3.63, 3.8) is 0 Å². The summed E-state index contributed by atoms with van der Waals surface area (Å²) in [7, 11) is 0. The Labute approximate surface area is 341 Å². The van der Waals surface area contributed by atoms with Gasteiger partial charge in [0.15, 0.2) is 0 Å². The molecule has 0 amide bonds. The molecule has 286 valence electrons. The predicted octanol–water partition coefficient (Wildman–Crippen LogP) is 15.3. The first-order chi connectivity index (χ1) is 28.5. The average molecular weight is 754 g/mol. The van der Waals surface area contributed by atoms with E-state index in [2.05, 4.69) is 205 Å². The Morgan fingerprint density at radius 2 is 1.16 bits per heavy atom. The Hall–Kier alpha value is -6.32. The monoisotopic (exact) mass is 753 g/mol. The van der Waals surface area contributed by atoms with Crippen LogP contribution in [0.4, 0.5) is 0 Å². The fraction of sp³-hybridized carbons (Fsp3) is 0.200. The van der Waals surface area contributed by atoms with Gasteiger partial charge in [-0.15, -0.1) is 6.58 Å². The van der Waals surface area contributed by atoms with E-state index >= 15 is 0 Å². The van der Waals surface area contributed by atoms with Crippen LogP contribution in [0.15, 0.2) is 170 Å². The molecule has 10 rings (SSSR count). The molecule has 58 heavy (non-hydrogen) atoms. The molecule has 0 N–H and O–H groups in total. The number of unbranched alkanes of at least 4 members (excludes halogenated alkanes) is 1. The smallest absolute Gasteiger partial charge is 0.0596 e. The van der Waals surface area contributed by atoms with E-state index in [1.54, 1.807) is 0 Å². The second kappa shape index (κ2) is 14.6. The van der Waals surface area contributed by atoms with Crippen molar-refractivity contribution in [2.75, 3.05) is 0 Å². The lowest BCUT2D eigenvalue weighted by Gasteiger charge is -2.37. The van der Waals surface area contributed by atoms with Crippen LogP contribution in [0.25, 0.3) is 76.8 Å². The number of nitrogens with zero attached hydrogens (tertiary/aromatic N) is 3. The van der Waals surface area contributed by atoms with E-state index in [4.69, 9.17) is 0 Å². The van der Waals surface area contributed by atoms with Crippen molar-refractivity contribution in [1.29, 1.82) is 0 Å². The maximum atomic E-state index is 3.99. The van der Waals surface area contributed by atoms with E-state index in [-0.39, 0.29) is 5.41 Å². The summed E-state index contributed by atoms with van der Waals surface area (Å²) >= 11 is 0. The summed E-state index contributed by atoms with van der Waals surface area (Å²) in [5, 5.41) is 7.69. The van der Waals surface area contributed by atoms with Crippen LogP contribution < -0.4 is 0 Å². The van der Waals surface area contributed by atoms with Gasteiger partial charge < -0.3 is 13.7 Å². The van der Waals surface area contributed by atoms with E-state index in [9.17, 15) is 0 Å². The Balaban J connectivity index is 1.20. The largest absolute Gasteiger partial charge is 0.335 e. The van der Waals surface area contributed by atoms with Gasteiger partial charge in [0, 0.05) is 50.2 Å². The fourth-order valence-electron chi connectivity index (χ4n) is 10.4. The molecule has 0 bridgehead atoms. The Morgan fingerprint density at radius 1 is 0.569 bits per heavy atom. The van der Waals surface area contributed by atoms with Crippen molar-refractivity contribution in [3.8, 4) is 11.4 Å². The van der Waals surface area contributed by atoms with Crippen LogP contribution >= 0.6 is 0 Å². The molecule has 10 aromatic rings. The van der Waals surface area contributed by atoms with Crippen molar-refractivity contribution >= 4 is 65.4 Å². The maximum absolute atomic E-state index is 3.99. The van der Waals surface area contributed by atoms with Gasteiger partial charge in [-0.05, 0) is 96.7 Å². The molecule has 0 aliphatic carbocycles. The summed E-state index contributed by atoms with van der Waals surface area (Å²) in [6, 6.07) is 58.9. The average Bonchev–Trinajstić information content (AvgIpc) is 3.90.